The average molecular weight is 359 g/mol. The smallest absolute Gasteiger partial charge is 0.274 e. The number of aromatic nitrogens is 1. The van der Waals surface area contributed by atoms with Crippen LogP contribution in [-0.4, -0.2) is 16.8 Å². The summed E-state index contributed by atoms with van der Waals surface area (Å²) in [6, 6.07) is 18.2. The second-order valence-electron chi connectivity index (χ2n) is 6.21. The van der Waals surface area contributed by atoms with Gasteiger partial charge in [-0.2, -0.15) is 0 Å². The Labute approximate surface area is 158 Å². The van der Waals surface area contributed by atoms with Crippen molar-refractivity contribution in [3.05, 3.63) is 89.2 Å². The van der Waals surface area contributed by atoms with Gasteiger partial charge in [0, 0.05) is 23.1 Å². The molecule has 5 nitrogen and oxygen atoms in total. The topological polar surface area (TPSA) is 71.1 Å². The van der Waals surface area contributed by atoms with Crippen molar-refractivity contribution in [2.75, 3.05) is 10.6 Å². The summed E-state index contributed by atoms with van der Waals surface area (Å²) < 4.78 is 0. The molecule has 0 saturated carbocycles. The minimum absolute atomic E-state index is 0.187. The van der Waals surface area contributed by atoms with Crippen LogP contribution in [-0.2, 0) is 6.42 Å². The van der Waals surface area contributed by atoms with Gasteiger partial charge in [0.25, 0.3) is 11.8 Å². The molecule has 3 rings (SSSR count). The van der Waals surface area contributed by atoms with Crippen molar-refractivity contribution in [3.63, 3.8) is 0 Å². The zero-order valence-electron chi connectivity index (χ0n) is 15.3. The van der Waals surface area contributed by atoms with Crippen molar-refractivity contribution < 1.29 is 9.59 Å². The van der Waals surface area contributed by atoms with Crippen molar-refractivity contribution in [3.8, 4) is 0 Å². The zero-order valence-corrected chi connectivity index (χ0v) is 15.3. The first-order valence-corrected chi connectivity index (χ1v) is 8.80. The highest BCUT2D eigenvalue weighted by Crippen LogP contribution is 2.17. The molecule has 1 heterocycles. The summed E-state index contributed by atoms with van der Waals surface area (Å²) in [5.74, 6) is -0.634. The third-order valence-electron chi connectivity index (χ3n) is 4.21. The van der Waals surface area contributed by atoms with Crippen LogP contribution in [0.25, 0.3) is 0 Å². The predicted octanol–water partition coefficient (Wildman–Crippen LogP) is 4.46. The molecule has 0 aliphatic heterocycles. The molecule has 0 aliphatic rings. The van der Waals surface area contributed by atoms with E-state index in [2.05, 4.69) is 15.6 Å². The first-order chi connectivity index (χ1) is 13.1. The molecule has 0 bridgehead atoms. The SMILES string of the molecule is CCc1ccccc1NC(=O)c1ccnc(C(=O)Nc2ccc(C)cc2)c1. The lowest BCUT2D eigenvalue weighted by Gasteiger charge is -2.10. The molecule has 2 aromatic carbocycles. The molecular formula is C22H21N3O2. The van der Waals surface area contributed by atoms with Gasteiger partial charge in [-0.15, -0.1) is 0 Å². The van der Waals surface area contributed by atoms with Crippen molar-refractivity contribution in [2.45, 2.75) is 20.3 Å². The van der Waals surface area contributed by atoms with Crippen LogP contribution in [0.5, 0.6) is 0 Å². The molecule has 0 atom stereocenters. The van der Waals surface area contributed by atoms with Crippen LogP contribution in [0.3, 0.4) is 0 Å². The molecule has 0 unspecified atom stereocenters. The lowest BCUT2D eigenvalue weighted by molar-refractivity contribution is 0.102. The van der Waals surface area contributed by atoms with Crippen LogP contribution in [0.15, 0.2) is 66.9 Å². The number of hydrogen-bond donors (Lipinski definition) is 2. The van der Waals surface area contributed by atoms with Gasteiger partial charge in [0.2, 0.25) is 0 Å². The summed E-state index contributed by atoms with van der Waals surface area (Å²) in [6.07, 6.45) is 2.28. The number of nitrogens with zero attached hydrogens (tertiary/aromatic N) is 1. The van der Waals surface area contributed by atoms with Gasteiger partial charge in [0.15, 0.2) is 0 Å². The Hall–Kier alpha value is -3.47. The lowest BCUT2D eigenvalue weighted by Crippen LogP contribution is -2.17. The van der Waals surface area contributed by atoms with E-state index < -0.39 is 0 Å². The highest BCUT2D eigenvalue weighted by atomic mass is 16.2. The van der Waals surface area contributed by atoms with E-state index in [1.165, 1.54) is 12.3 Å². The molecule has 5 heteroatoms. The molecule has 0 aliphatic carbocycles. The van der Waals surface area contributed by atoms with Crippen LogP contribution >= 0.6 is 0 Å². The summed E-state index contributed by atoms with van der Waals surface area (Å²) in [6.45, 7) is 4.01. The normalized spacial score (nSPS) is 10.3. The Morgan fingerprint density at radius 3 is 2.41 bits per heavy atom. The molecule has 1 aromatic heterocycles. The van der Waals surface area contributed by atoms with E-state index in [4.69, 9.17) is 0 Å². The van der Waals surface area contributed by atoms with Gasteiger partial charge < -0.3 is 10.6 Å². The molecule has 0 radical (unpaired) electrons. The quantitative estimate of drug-likeness (QED) is 0.707. The minimum Gasteiger partial charge on any atom is -0.322 e. The maximum Gasteiger partial charge on any atom is 0.274 e. The van der Waals surface area contributed by atoms with Crippen LogP contribution in [0.1, 0.15) is 38.9 Å². The standard InChI is InChI=1S/C22H21N3O2/c1-3-16-6-4-5-7-19(16)25-21(26)17-12-13-23-20(14-17)22(27)24-18-10-8-15(2)9-11-18/h4-14H,3H2,1-2H3,(H,24,27)(H,25,26). The zero-order chi connectivity index (χ0) is 19.2. The summed E-state index contributed by atoms with van der Waals surface area (Å²) in [5, 5.41) is 5.69. The van der Waals surface area contributed by atoms with Crippen molar-refractivity contribution in [2.24, 2.45) is 0 Å². The third-order valence-corrected chi connectivity index (χ3v) is 4.21. The molecule has 2 N–H and O–H groups in total. The summed E-state index contributed by atoms with van der Waals surface area (Å²) in [7, 11) is 0. The second-order valence-corrected chi connectivity index (χ2v) is 6.21. The van der Waals surface area contributed by atoms with Crippen molar-refractivity contribution >= 4 is 23.2 Å². The fourth-order valence-electron chi connectivity index (χ4n) is 2.67. The van der Waals surface area contributed by atoms with Crippen LogP contribution in [0.4, 0.5) is 11.4 Å². The fourth-order valence-corrected chi connectivity index (χ4v) is 2.67. The Morgan fingerprint density at radius 1 is 0.926 bits per heavy atom. The van der Waals surface area contributed by atoms with Gasteiger partial charge in [-0.3, -0.25) is 14.6 Å². The molecule has 0 spiro atoms. The molecule has 2 amide bonds. The number of carbonyl (C=O) groups is 2. The highest BCUT2D eigenvalue weighted by Gasteiger charge is 2.13. The Kier molecular flexibility index (Phi) is 5.61. The van der Waals surface area contributed by atoms with Gasteiger partial charge in [-0.25, -0.2) is 0 Å². The first-order valence-electron chi connectivity index (χ1n) is 8.80. The number of pyridine rings is 1. The first kappa shape index (κ1) is 18.3. The third kappa shape index (κ3) is 4.58. The Bertz CT molecular complexity index is 965. The number of para-hydroxylation sites is 1. The van der Waals surface area contributed by atoms with E-state index in [-0.39, 0.29) is 17.5 Å². The number of aryl methyl sites for hydroxylation is 2. The van der Waals surface area contributed by atoms with Gasteiger partial charge in [0.1, 0.15) is 5.69 Å². The average Bonchev–Trinajstić information content (AvgIpc) is 2.70. The van der Waals surface area contributed by atoms with E-state index in [0.29, 0.717) is 11.3 Å². The second kappa shape index (κ2) is 8.27. The number of nitrogens with one attached hydrogen (secondary N) is 2. The van der Waals surface area contributed by atoms with Gasteiger partial charge in [-0.05, 0) is 49.2 Å². The van der Waals surface area contributed by atoms with E-state index in [9.17, 15) is 9.59 Å². The summed E-state index contributed by atoms with van der Waals surface area (Å²) in [4.78, 5) is 29.1. The van der Waals surface area contributed by atoms with Crippen molar-refractivity contribution in [1.82, 2.24) is 4.98 Å². The number of benzene rings is 2. The van der Waals surface area contributed by atoms with Crippen LogP contribution < -0.4 is 10.6 Å². The van der Waals surface area contributed by atoms with Gasteiger partial charge in [0.05, 0.1) is 0 Å². The maximum atomic E-state index is 12.6. The van der Waals surface area contributed by atoms with Crippen molar-refractivity contribution in [1.29, 1.82) is 0 Å². The predicted molar refractivity (Wildman–Crippen MR) is 107 cm³/mol. The highest BCUT2D eigenvalue weighted by molar-refractivity contribution is 6.08. The maximum absolute atomic E-state index is 12.6. The number of rotatable bonds is 5. The monoisotopic (exact) mass is 359 g/mol. The number of amides is 2. The molecule has 0 fully saturated rings. The summed E-state index contributed by atoms with van der Waals surface area (Å²) in [5.41, 5.74) is 4.18. The number of carbonyl (C=O) groups excluding carboxylic acids is 2. The molecule has 0 saturated heterocycles. The van der Waals surface area contributed by atoms with Crippen LogP contribution in [0, 0.1) is 6.92 Å². The lowest BCUT2D eigenvalue weighted by atomic mass is 10.1. The fraction of sp³-hybridized carbons (Fsp3) is 0.136. The Balaban J connectivity index is 1.75. The van der Waals surface area contributed by atoms with E-state index in [1.54, 1.807) is 6.07 Å². The minimum atomic E-state index is -0.359. The Morgan fingerprint density at radius 2 is 1.67 bits per heavy atom. The molecule has 3 aromatic rings. The van der Waals surface area contributed by atoms with E-state index >= 15 is 0 Å². The number of anilines is 2. The van der Waals surface area contributed by atoms with E-state index in [1.807, 2.05) is 62.4 Å². The van der Waals surface area contributed by atoms with Gasteiger partial charge in [-0.1, -0.05) is 42.8 Å². The summed E-state index contributed by atoms with van der Waals surface area (Å²) >= 11 is 0. The number of hydrogen-bond acceptors (Lipinski definition) is 3. The van der Waals surface area contributed by atoms with E-state index in [0.717, 1.165) is 23.2 Å². The molecule has 27 heavy (non-hydrogen) atoms. The largest absolute Gasteiger partial charge is 0.322 e. The van der Waals surface area contributed by atoms with Crippen LogP contribution in [0.2, 0.25) is 0 Å². The van der Waals surface area contributed by atoms with Gasteiger partial charge >= 0.3 is 0 Å². The molecule has 136 valence electrons. The molecular weight excluding hydrogens is 338 g/mol.